The van der Waals surface area contributed by atoms with E-state index in [9.17, 15) is 13.2 Å². The first-order chi connectivity index (χ1) is 9.77. The second kappa shape index (κ2) is 6.15. The number of anilines is 1. The van der Waals surface area contributed by atoms with Gasteiger partial charge in [-0.25, -0.2) is 13.6 Å². The van der Waals surface area contributed by atoms with Crippen LogP contribution in [0, 0.1) is 0 Å². The van der Waals surface area contributed by atoms with E-state index in [-0.39, 0.29) is 10.5 Å². The minimum Gasteiger partial charge on any atom is -0.322 e. The zero-order chi connectivity index (χ0) is 15.6. The molecule has 0 atom stereocenters. The highest BCUT2D eigenvalue weighted by Gasteiger charge is 2.15. The van der Waals surface area contributed by atoms with Crippen LogP contribution in [0.25, 0.3) is 0 Å². The molecule has 8 heteroatoms. The average Bonchev–Trinajstić information content (AvgIpc) is 2.37. The normalized spacial score (nSPS) is 11.2. The van der Waals surface area contributed by atoms with Crippen molar-refractivity contribution in [2.75, 3.05) is 5.32 Å². The van der Waals surface area contributed by atoms with Crippen molar-refractivity contribution < 1.29 is 13.2 Å². The fraction of sp³-hybridized carbons (Fsp3) is 0. The SMILES string of the molecule is NS(=O)(=O)c1ccc(Br)c(C(=O)Nc2cccc(Cl)c2)c1. The van der Waals surface area contributed by atoms with Crippen molar-refractivity contribution in [3.05, 3.63) is 57.5 Å². The molecule has 2 aromatic rings. The minimum atomic E-state index is -3.88. The smallest absolute Gasteiger partial charge is 0.256 e. The van der Waals surface area contributed by atoms with E-state index in [0.717, 1.165) is 0 Å². The van der Waals surface area contributed by atoms with Gasteiger partial charge in [0.25, 0.3) is 5.91 Å². The lowest BCUT2D eigenvalue weighted by Gasteiger charge is -2.08. The summed E-state index contributed by atoms with van der Waals surface area (Å²) in [6.45, 7) is 0. The number of rotatable bonds is 3. The van der Waals surface area contributed by atoms with Crippen LogP contribution in [0.5, 0.6) is 0 Å². The van der Waals surface area contributed by atoms with Crippen LogP contribution in [0.2, 0.25) is 5.02 Å². The van der Waals surface area contributed by atoms with Crippen LogP contribution in [0.4, 0.5) is 5.69 Å². The first-order valence-electron chi connectivity index (χ1n) is 5.66. The maximum Gasteiger partial charge on any atom is 0.256 e. The van der Waals surface area contributed by atoms with Crippen molar-refractivity contribution in [3.8, 4) is 0 Å². The lowest BCUT2D eigenvalue weighted by molar-refractivity contribution is 0.102. The molecule has 110 valence electrons. The predicted octanol–water partition coefficient (Wildman–Crippen LogP) is 3.00. The second-order valence-electron chi connectivity index (χ2n) is 4.15. The van der Waals surface area contributed by atoms with Gasteiger partial charge >= 0.3 is 0 Å². The zero-order valence-corrected chi connectivity index (χ0v) is 13.7. The van der Waals surface area contributed by atoms with Gasteiger partial charge in [-0.2, -0.15) is 0 Å². The van der Waals surface area contributed by atoms with Gasteiger partial charge in [0.1, 0.15) is 0 Å². The summed E-state index contributed by atoms with van der Waals surface area (Å²) in [5.74, 6) is -0.477. The number of sulfonamides is 1. The summed E-state index contributed by atoms with van der Waals surface area (Å²) in [6.07, 6.45) is 0. The van der Waals surface area contributed by atoms with Crippen molar-refractivity contribution in [1.82, 2.24) is 0 Å². The van der Waals surface area contributed by atoms with Gasteiger partial charge in [-0.05, 0) is 52.3 Å². The molecule has 5 nitrogen and oxygen atoms in total. The number of benzene rings is 2. The van der Waals surface area contributed by atoms with Crippen molar-refractivity contribution in [2.24, 2.45) is 5.14 Å². The Morgan fingerprint density at radius 1 is 1.19 bits per heavy atom. The Labute approximate surface area is 135 Å². The number of halogens is 2. The molecule has 0 fully saturated rings. The molecular formula is C13H10BrClN2O3S. The quantitative estimate of drug-likeness (QED) is 0.845. The van der Waals surface area contributed by atoms with E-state index < -0.39 is 15.9 Å². The van der Waals surface area contributed by atoms with Crippen molar-refractivity contribution in [1.29, 1.82) is 0 Å². The van der Waals surface area contributed by atoms with E-state index in [0.29, 0.717) is 15.2 Å². The van der Waals surface area contributed by atoms with Gasteiger partial charge in [0.05, 0.1) is 10.5 Å². The molecule has 2 rings (SSSR count). The second-order valence-corrected chi connectivity index (χ2v) is 7.00. The Bertz CT molecular complexity index is 809. The molecule has 0 aliphatic rings. The first-order valence-corrected chi connectivity index (χ1v) is 8.38. The summed E-state index contributed by atoms with van der Waals surface area (Å²) in [7, 11) is -3.88. The summed E-state index contributed by atoms with van der Waals surface area (Å²) in [5, 5.41) is 8.16. The third kappa shape index (κ3) is 4.04. The molecular weight excluding hydrogens is 380 g/mol. The molecule has 3 N–H and O–H groups in total. The van der Waals surface area contributed by atoms with Gasteiger partial charge in [0, 0.05) is 15.2 Å². The van der Waals surface area contributed by atoms with Crippen LogP contribution in [0.1, 0.15) is 10.4 Å². The number of amides is 1. The van der Waals surface area contributed by atoms with Crippen LogP contribution in [-0.2, 0) is 10.0 Å². The summed E-state index contributed by atoms with van der Waals surface area (Å²) in [4.78, 5) is 12.1. The first kappa shape index (κ1) is 16.0. The lowest BCUT2D eigenvalue weighted by Crippen LogP contribution is -2.16. The van der Waals surface area contributed by atoms with Crippen molar-refractivity contribution in [2.45, 2.75) is 4.90 Å². The summed E-state index contributed by atoms with van der Waals surface area (Å²) in [6, 6.07) is 10.6. The number of nitrogens with two attached hydrogens (primary N) is 1. The van der Waals surface area contributed by atoms with E-state index >= 15 is 0 Å². The van der Waals surface area contributed by atoms with E-state index in [1.54, 1.807) is 24.3 Å². The van der Waals surface area contributed by atoms with Gasteiger partial charge in [-0.15, -0.1) is 0 Å². The molecule has 0 saturated heterocycles. The van der Waals surface area contributed by atoms with Crippen LogP contribution < -0.4 is 10.5 Å². The maximum atomic E-state index is 12.2. The molecule has 0 saturated carbocycles. The lowest BCUT2D eigenvalue weighted by atomic mass is 10.2. The van der Waals surface area contributed by atoms with Crippen LogP contribution in [0.15, 0.2) is 51.8 Å². The number of hydrogen-bond acceptors (Lipinski definition) is 3. The monoisotopic (exact) mass is 388 g/mol. The van der Waals surface area contributed by atoms with Gasteiger partial charge in [0.15, 0.2) is 0 Å². The van der Waals surface area contributed by atoms with Crippen molar-refractivity contribution in [3.63, 3.8) is 0 Å². The van der Waals surface area contributed by atoms with Crippen LogP contribution in [-0.4, -0.2) is 14.3 Å². The molecule has 21 heavy (non-hydrogen) atoms. The Balaban J connectivity index is 2.35. The summed E-state index contributed by atoms with van der Waals surface area (Å²) < 4.78 is 23.1. The minimum absolute atomic E-state index is 0.137. The molecule has 0 bridgehead atoms. The third-order valence-electron chi connectivity index (χ3n) is 2.59. The molecule has 0 radical (unpaired) electrons. The Morgan fingerprint density at radius 2 is 1.90 bits per heavy atom. The highest BCUT2D eigenvalue weighted by atomic mass is 79.9. The average molecular weight is 390 g/mol. The largest absolute Gasteiger partial charge is 0.322 e. The summed E-state index contributed by atoms with van der Waals surface area (Å²) >= 11 is 9.04. The third-order valence-corrected chi connectivity index (χ3v) is 4.43. The number of primary sulfonamides is 1. The van der Waals surface area contributed by atoms with Gasteiger partial charge in [-0.1, -0.05) is 17.7 Å². The predicted molar refractivity (Wildman–Crippen MR) is 84.9 cm³/mol. The molecule has 0 aliphatic carbocycles. The molecule has 0 aromatic heterocycles. The molecule has 2 aromatic carbocycles. The fourth-order valence-electron chi connectivity index (χ4n) is 1.62. The van der Waals surface area contributed by atoms with Crippen LogP contribution in [0.3, 0.4) is 0 Å². The summed E-state index contributed by atoms with van der Waals surface area (Å²) in [5.41, 5.74) is 0.655. The zero-order valence-electron chi connectivity index (χ0n) is 10.5. The van der Waals surface area contributed by atoms with Crippen molar-refractivity contribution >= 4 is 49.1 Å². The highest BCUT2D eigenvalue weighted by molar-refractivity contribution is 9.10. The van der Waals surface area contributed by atoms with E-state index in [2.05, 4.69) is 21.2 Å². The maximum absolute atomic E-state index is 12.2. The number of hydrogen-bond donors (Lipinski definition) is 2. The Hall–Kier alpha value is -1.41. The molecule has 0 spiro atoms. The molecule has 1 amide bonds. The number of carbonyl (C=O) groups excluding carboxylic acids is 1. The van der Waals surface area contributed by atoms with E-state index in [4.69, 9.17) is 16.7 Å². The standard InChI is InChI=1S/C13H10BrClN2O3S/c14-12-5-4-10(21(16,19)20)7-11(12)13(18)17-9-3-1-2-8(15)6-9/h1-7H,(H,17,18)(H2,16,19,20). The number of carbonyl (C=O) groups is 1. The van der Waals surface area contributed by atoms with Crippen LogP contribution >= 0.6 is 27.5 Å². The molecule has 0 heterocycles. The topological polar surface area (TPSA) is 89.3 Å². The molecule has 0 unspecified atom stereocenters. The number of nitrogens with one attached hydrogen (secondary N) is 1. The highest BCUT2D eigenvalue weighted by Crippen LogP contribution is 2.22. The van der Waals surface area contributed by atoms with Gasteiger partial charge in [0.2, 0.25) is 10.0 Å². The Morgan fingerprint density at radius 3 is 2.52 bits per heavy atom. The van der Waals surface area contributed by atoms with Gasteiger partial charge < -0.3 is 5.32 Å². The fourth-order valence-corrected chi connectivity index (χ4v) is 2.78. The molecule has 0 aliphatic heterocycles. The Kier molecular flexibility index (Phi) is 4.67. The van der Waals surface area contributed by atoms with E-state index in [1.165, 1.54) is 18.2 Å². The van der Waals surface area contributed by atoms with Gasteiger partial charge in [-0.3, -0.25) is 4.79 Å². The van der Waals surface area contributed by atoms with E-state index in [1.807, 2.05) is 0 Å².